The summed E-state index contributed by atoms with van der Waals surface area (Å²) in [7, 11) is 1.66. The van der Waals surface area contributed by atoms with Gasteiger partial charge in [0.15, 0.2) is 0 Å². The van der Waals surface area contributed by atoms with Crippen molar-refractivity contribution in [3.8, 4) is 5.75 Å². The molecule has 4 heteroatoms. The Kier molecular flexibility index (Phi) is 5.41. The van der Waals surface area contributed by atoms with Crippen molar-refractivity contribution < 1.29 is 9.53 Å². The molecule has 1 heterocycles. The van der Waals surface area contributed by atoms with Crippen molar-refractivity contribution in [3.63, 3.8) is 0 Å². The highest BCUT2D eigenvalue weighted by Crippen LogP contribution is 2.18. The molecule has 1 aromatic rings. The summed E-state index contributed by atoms with van der Waals surface area (Å²) in [5.41, 5.74) is 1.12. The third-order valence-electron chi connectivity index (χ3n) is 3.68. The third-order valence-corrected chi connectivity index (χ3v) is 3.68. The number of amides is 1. The second kappa shape index (κ2) is 7.29. The lowest BCUT2D eigenvalue weighted by Gasteiger charge is -2.33. The van der Waals surface area contributed by atoms with Crippen molar-refractivity contribution in [2.75, 3.05) is 20.2 Å². The Morgan fingerprint density at radius 2 is 2.30 bits per heavy atom. The van der Waals surface area contributed by atoms with Gasteiger partial charge >= 0.3 is 0 Å². The normalized spacial score (nSPS) is 19.2. The number of hydrogen-bond acceptors (Lipinski definition) is 3. The van der Waals surface area contributed by atoms with Crippen LogP contribution in [0.4, 0.5) is 0 Å². The van der Waals surface area contributed by atoms with E-state index in [0.29, 0.717) is 6.54 Å². The van der Waals surface area contributed by atoms with E-state index in [-0.39, 0.29) is 11.9 Å². The van der Waals surface area contributed by atoms with Gasteiger partial charge in [0.1, 0.15) is 5.75 Å². The Bertz CT molecular complexity index is 448. The van der Waals surface area contributed by atoms with Crippen LogP contribution in [-0.4, -0.2) is 37.0 Å². The number of piperidine rings is 1. The molecule has 110 valence electrons. The van der Waals surface area contributed by atoms with Gasteiger partial charge in [-0.2, -0.15) is 0 Å². The van der Waals surface area contributed by atoms with Crippen molar-refractivity contribution in [3.05, 3.63) is 29.8 Å². The Morgan fingerprint density at radius 3 is 3.05 bits per heavy atom. The molecule has 1 fully saturated rings. The Morgan fingerprint density at radius 1 is 1.45 bits per heavy atom. The minimum absolute atomic E-state index is 0.00527. The fraction of sp³-hybridized carbons (Fsp3) is 0.562. The summed E-state index contributed by atoms with van der Waals surface area (Å²) in [6, 6.07) is 7.92. The first-order chi connectivity index (χ1) is 9.74. The van der Waals surface area contributed by atoms with Gasteiger partial charge in [-0.3, -0.25) is 4.79 Å². The molecule has 0 aliphatic carbocycles. The second-order valence-electron chi connectivity index (χ2n) is 5.26. The van der Waals surface area contributed by atoms with Gasteiger partial charge in [0.25, 0.3) is 0 Å². The predicted octanol–water partition coefficient (Wildman–Crippen LogP) is 2.19. The number of ether oxygens (including phenoxy) is 1. The number of nitrogens with zero attached hydrogens (tertiary/aromatic N) is 1. The van der Waals surface area contributed by atoms with Crippen molar-refractivity contribution in [2.45, 2.75) is 38.8 Å². The molecule has 1 amide bonds. The summed E-state index contributed by atoms with van der Waals surface area (Å²) >= 11 is 0. The van der Waals surface area contributed by atoms with Crippen molar-refractivity contribution in [1.29, 1.82) is 0 Å². The molecule has 0 radical (unpaired) electrons. The van der Waals surface area contributed by atoms with E-state index in [0.717, 1.165) is 43.7 Å². The van der Waals surface area contributed by atoms with Gasteiger partial charge in [-0.25, -0.2) is 0 Å². The van der Waals surface area contributed by atoms with Crippen LogP contribution in [0.25, 0.3) is 0 Å². The van der Waals surface area contributed by atoms with E-state index in [1.165, 1.54) is 0 Å². The molecule has 0 bridgehead atoms. The first-order valence-electron chi connectivity index (χ1n) is 7.39. The summed E-state index contributed by atoms with van der Waals surface area (Å²) < 4.78 is 5.23. The number of likely N-dealkylation sites (tertiary alicyclic amines) is 1. The highest BCUT2D eigenvalue weighted by Gasteiger charge is 2.27. The molecule has 4 nitrogen and oxygen atoms in total. The van der Waals surface area contributed by atoms with Crippen LogP contribution in [0.2, 0.25) is 0 Å². The smallest absolute Gasteiger partial charge is 0.240 e. The highest BCUT2D eigenvalue weighted by molar-refractivity contribution is 5.82. The SMILES string of the molecule is CCCNC1CCCN(Cc2cccc(OC)c2)C1=O. The molecule has 1 aromatic carbocycles. The zero-order valence-corrected chi connectivity index (χ0v) is 12.4. The topological polar surface area (TPSA) is 41.6 Å². The van der Waals surface area contributed by atoms with Crippen LogP contribution >= 0.6 is 0 Å². The monoisotopic (exact) mass is 276 g/mol. The fourth-order valence-electron chi connectivity index (χ4n) is 2.60. The van der Waals surface area contributed by atoms with Crippen molar-refractivity contribution >= 4 is 5.91 Å². The lowest BCUT2D eigenvalue weighted by atomic mass is 10.0. The van der Waals surface area contributed by atoms with Gasteiger partial charge in [-0.05, 0) is 43.5 Å². The largest absolute Gasteiger partial charge is 0.497 e. The first-order valence-corrected chi connectivity index (χ1v) is 7.39. The van der Waals surface area contributed by atoms with Gasteiger partial charge in [0.2, 0.25) is 5.91 Å². The van der Waals surface area contributed by atoms with Crippen LogP contribution in [0.3, 0.4) is 0 Å². The maximum absolute atomic E-state index is 12.4. The summed E-state index contributed by atoms with van der Waals surface area (Å²) in [4.78, 5) is 14.4. The first kappa shape index (κ1) is 14.9. The Balaban J connectivity index is 1.98. The molecule has 1 atom stereocenters. The minimum atomic E-state index is -0.00527. The summed E-state index contributed by atoms with van der Waals surface area (Å²) in [6.07, 6.45) is 3.07. The number of carbonyl (C=O) groups excluding carboxylic acids is 1. The number of rotatable bonds is 6. The van der Waals surface area contributed by atoms with E-state index >= 15 is 0 Å². The molecular formula is C16H24N2O2. The lowest BCUT2D eigenvalue weighted by molar-refractivity contribution is -0.136. The molecule has 0 aromatic heterocycles. The summed E-state index contributed by atoms with van der Waals surface area (Å²) in [5.74, 6) is 1.07. The van der Waals surface area contributed by atoms with Crippen LogP contribution in [0.15, 0.2) is 24.3 Å². The summed E-state index contributed by atoms with van der Waals surface area (Å²) in [5, 5.41) is 3.34. The third kappa shape index (κ3) is 3.73. The molecular weight excluding hydrogens is 252 g/mol. The average Bonchev–Trinajstić information content (AvgIpc) is 2.48. The molecule has 0 saturated carbocycles. The van der Waals surface area contributed by atoms with E-state index in [4.69, 9.17) is 4.74 Å². The molecule has 0 spiro atoms. The molecule has 1 aliphatic heterocycles. The minimum Gasteiger partial charge on any atom is -0.497 e. The van der Waals surface area contributed by atoms with E-state index in [1.807, 2.05) is 29.2 Å². The van der Waals surface area contributed by atoms with Crippen molar-refractivity contribution in [2.24, 2.45) is 0 Å². The van der Waals surface area contributed by atoms with Crippen molar-refractivity contribution in [1.82, 2.24) is 10.2 Å². The van der Waals surface area contributed by atoms with E-state index in [1.54, 1.807) is 7.11 Å². The molecule has 20 heavy (non-hydrogen) atoms. The highest BCUT2D eigenvalue weighted by atomic mass is 16.5. The molecule has 1 aliphatic rings. The zero-order valence-electron chi connectivity index (χ0n) is 12.4. The van der Waals surface area contributed by atoms with Gasteiger partial charge in [-0.1, -0.05) is 19.1 Å². The van der Waals surface area contributed by atoms with E-state index < -0.39 is 0 Å². The molecule has 2 rings (SSSR count). The number of carbonyl (C=O) groups is 1. The second-order valence-corrected chi connectivity index (χ2v) is 5.26. The van der Waals surface area contributed by atoms with Gasteiger partial charge < -0.3 is 15.0 Å². The van der Waals surface area contributed by atoms with Crippen LogP contribution < -0.4 is 10.1 Å². The van der Waals surface area contributed by atoms with Crippen LogP contribution in [0.5, 0.6) is 5.75 Å². The van der Waals surface area contributed by atoms with E-state index in [9.17, 15) is 4.79 Å². The van der Waals surface area contributed by atoms with E-state index in [2.05, 4.69) is 12.2 Å². The van der Waals surface area contributed by atoms with Gasteiger partial charge in [-0.15, -0.1) is 0 Å². The number of benzene rings is 1. The summed E-state index contributed by atoms with van der Waals surface area (Å²) in [6.45, 7) is 4.54. The van der Waals surface area contributed by atoms with Crippen LogP contribution in [0, 0.1) is 0 Å². The molecule has 1 N–H and O–H groups in total. The van der Waals surface area contributed by atoms with Gasteiger partial charge in [0, 0.05) is 13.1 Å². The standard InChI is InChI=1S/C16H24N2O2/c1-3-9-17-15-8-5-10-18(16(15)19)12-13-6-4-7-14(11-13)20-2/h4,6-7,11,15,17H,3,5,8-10,12H2,1-2H3. The Hall–Kier alpha value is -1.55. The fourth-order valence-corrected chi connectivity index (χ4v) is 2.60. The number of hydrogen-bond donors (Lipinski definition) is 1. The quantitative estimate of drug-likeness (QED) is 0.866. The number of nitrogens with one attached hydrogen (secondary N) is 1. The Labute approximate surface area is 121 Å². The lowest BCUT2D eigenvalue weighted by Crippen LogP contribution is -2.50. The molecule has 1 saturated heterocycles. The molecule has 1 unspecified atom stereocenters. The predicted molar refractivity (Wildman–Crippen MR) is 79.7 cm³/mol. The van der Waals surface area contributed by atoms with Crippen LogP contribution in [-0.2, 0) is 11.3 Å². The maximum Gasteiger partial charge on any atom is 0.240 e. The number of methoxy groups -OCH3 is 1. The maximum atomic E-state index is 12.4. The van der Waals surface area contributed by atoms with Crippen LogP contribution in [0.1, 0.15) is 31.7 Å². The zero-order chi connectivity index (χ0) is 14.4. The average molecular weight is 276 g/mol. The van der Waals surface area contributed by atoms with Gasteiger partial charge in [0.05, 0.1) is 13.2 Å².